The van der Waals surface area contributed by atoms with Gasteiger partial charge in [-0.25, -0.2) is 9.98 Å². The van der Waals surface area contributed by atoms with Gasteiger partial charge in [-0.15, -0.1) is 4.68 Å². The highest BCUT2D eigenvalue weighted by molar-refractivity contribution is 8.76. The maximum Gasteiger partial charge on any atom is 0.478 e. The number of aromatic amines is 1. The predicted molar refractivity (Wildman–Crippen MR) is 128 cm³/mol. The van der Waals surface area contributed by atoms with Crippen LogP contribution in [-0.4, -0.2) is 28.4 Å². The summed E-state index contributed by atoms with van der Waals surface area (Å²) < 4.78 is 77.6. The Bertz CT molecular complexity index is 1330. The molecule has 3 rings (SSSR count). The Morgan fingerprint density at radius 3 is 2.06 bits per heavy atom. The van der Waals surface area contributed by atoms with Gasteiger partial charge in [0.15, 0.2) is 5.69 Å². The van der Waals surface area contributed by atoms with Crippen molar-refractivity contribution < 1.29 is 31.0 Å². The van der Waals surface area contributed by atoms with Crippen LogP contribution in [0.15, 0.2) is 50.4 Å². The predicted octanol–water partition coefficient (Wildman–Crippen LogP) is 6.32. The van der Waals surface area contributed by atoms with Crippen LogP contribution in [-0.2, 0) is 6.18 Å². The normalized spacial score (nSPS) is 13.1. The molecule has 0 aliphatic heterocycles. The quantitative estimate of drug-likeness (QED) is 0.124. The highest BCUT2D eigenvalue weighted by atomic mass is 33.1. The number of hydrogen-bond donors (Lipinski definition) is 2. The minimum atomic E-state index is -4.74. The van der Waals surface area contributed by atoms with Gasteiger partial charge in [-0.1, -0.05) is 33.7 Å². The Labute approximate surface area is 210 Å². The first-order chi connectivity index (χ1) is 16.7. The Kier molecular flexibility index (Phi) is 8.08. The minimum Gasteiger partial charge on any atom is -0.380 e. The van der Waals surface area contributed by atoms with Gasteiger partial charge >= 0.3 is 24.5 Å². The van der Waals surface area contributed by atoms with Crippen LogP contribution in [0, 0.1) is 27.7 Å². The number of aromatic nitrogens is 3. The van der Waals surface area contributed by atoms with E-state index < -0.39 is 24.0 Å². The molecule has 1 aromatic heterocycles. The number of hydrogen-bond acceptors (Lipinski definition) is 4. The van der Waals surface area contributed by atoms with Gasteiger partial charge < -0.3 is 5.73 Å². The van der Waals surface area contributed by atoms with E-state index >= 15 is 0 Å². The average molecular weight is 548 g/mol. The van der Waals surface area contributed by atoms with Crippen molar-refractivity contribution in [3.05, 3.63) is 58.7 Å². The van der Waals surface area contributed by atoms with Crippen molar-refractivity contribution in [1.29, 1.82) is 0 Å². The number of amidine groups is 1. The first-order valence-corrected chi connectivity index (χ1v) is 12.4. The van der Waals surface area contributed by atoms with E-state index in [9.17, 15) is 26.3 Å². The van der Waals surface area contributed by atoms with Gasteiger partial charge in [0.05, 0.1) is 5.69 Å². The van der Waals surface area contributed by atoms with Crippen LogP contribution in [0.3, 0.4) is 0 Å². The molecule has 0 radical (unpaired) electrons. The molecule has 0 fully saturated rings. The van der Waals surface area contributed by atoms with Gasteiger partial charge in [0, 0.05) is 15.9 Å². The molecule has 3 aromatic rings. The number of benzene rings is 2. The van der Waals surface area contributed by atoms with Crippen molar-refractivity contribution in [3.63, 3.8) is 0 Å². The van der Waals surface area contributed by atoms with Crippen molar-refractivity contribution in [2.75, 3.05) is 0 Å². The number of aliphatic imine (C=N–C) groups is 2. The summed E-state index contributed by atoms with van der Waals surface area (Å²) in [5.41, 5.74) is 9.16. The number of rotatable bonds is 6. The zero-order valence-corrected chi connectivity index (χ0v) is 21.0. The maximum absolute atomic E-state index is 12.9. The third-order valence-electron chi connectivity index (χ3n) is 4.95. The topological polar surface area (TPSA) is 83.3 Å². The molecule has 0 unspecified atom stereocenters. The third kappa shape index (κ3) is 6.60. The summed E-state index contributed by atoms with van der Waals surface area (Å²) in [4.78, 5) is 12.2. The van der Waals surface area contributed by atoms with Crippen LogP contribution in [0.2, 0.25) is 0 Å². The highest BCUT2D eigenvalue weighted by Crippen LogP contribution is 2.43. The van der Waals surface area contributed by atoms with Gasteiger partial charge in [-0.3, -0.25) is 0 Å². The summed E-state index contributed by atoms with van der Waals surface area (Å²) in [6.45, 7) is 7.33. The fraction of sp³-hybridized carbons (Fsp3) is 0.273. The molecular weight excluding hydrogens is 526 g/mol. The number of nitrogens with two attached hydrogens (primary N) is 1. The molecular formula is C22H21F6N6S2+. The van der Waals surface area contributed by atoms with Crippen LogP contribution < -0.4 is 10.4 Å². The molecule has 6 nitrogen and oxygen atoms in total. The van der Waals surface area contributed by atoms with Crippen molar-refractivity contribution in [1.82, 2.24) is 10.1 Å². The molecule has 0 saturated carbocycles. The Hall–Kier alpha value is -3.00. The summed E-state index contributed by atoms with van der Waals surface area (Å²) in [6.07, 6.45) is -7.50. The molecule has 1 heterocycles. The fourth-order valence-corrected chi connectivity index (χ4v) is 5.58. The average Bonchev–Trinajstić information content (AvgIpc) is 3.25. The minimum absolute atomic E-state index is 0.427. The molecule has 0 spiro atoms. The molecule has 2 aromatic carbocycles. The second kappa shape index (κ2) is 10.5. The highest BCUT2D eigenvalue weighted by Gasteiger charge is 2.40. The van der Waals surface area contributed by atoms with Crippen molar-refractivity contribution in [2.24, 2.45) is 15.7 Å². The summed E-state index contributed by atoms with van der Waals surface area (Å²) in [6, 6.07) is 7.19. The van der Waals surface area contributed by atoms with Crippen molar-refractivity contribution in [2.45, 2.75) is 49.8 Å². The van der Waals surface area contributed by atoms with E-state index in [-0.39, 0.29) is 0 Å². The largest absolute Gasteiger partial charge is 0.478 e. The molecule has 0 bridgehead atoms. The lowest BCUT2D eigenvalue weighted by molar-refractivity contribution is -0.658. The zero-order chi connectivity index (χ0) is 26.8. The van der Waals surface area contributed by atoms with Crippen molar-refractivity contribution >= 4 is 39.4 Å². The SMILES string of the molecule is Cc1cc(C)c(SSc2cc(-[n+]3cnc(C(F)(F)F)[nH]3)c(C)cc2C)cc1N=CN=C(N)C(F)(F)F. The van der Waals surface area contributed by atoms with Crippen LogP contribution in [0.1, 0.15) is 28.1 Å². The van der Waals surface area contributed by atoms with Gasteiger partial charge in [0.1, 0.15) is 6.34 Å². The van der Waals surface area contributed by atoms with Crippen LogP contribution in [0.5, 0.6) is 0 Å². The molecule has 0 aliphatic rings. The number of H-pyrrole nitrogens is 1. The monoisotopic (exact) mass is 547 g/mol. The van der Waals surface area contributed by atoms with Crippen LogP contribution in [0.4, 0.5) is 32.0 Å². The number of aryl methyl sites for hydroxylation is 4. The Morgan fingerprint density at radius 1 is 0.917 bits per heavy atom. The molecule has 14 heteroatoms. The summed E-state index contributed by atoms with van der Waals surface area (Å²) in [5.74, 6) is -2.60. The van der Waals surface area contributed by atoms with E-state index in [2.05, 4.69) is 20.1 Å². The Morgan fingerprint density at radius 2 is 1.50 bits per heavy atom. The molecule has 36 heavy (non-hydrogen) atoms. The molecule has 192 valence electrons. The summed E-state index contributed by atoms with van der Waals surface area (Å²) in [7, 11) is 2.78. The molecule has 0 amide bonds. The maximum atomic E-state index is 12.9. The zero-order valence-electron chi connectivity index (χ0n) is 19.4. The van der Waals surface area contributed by atoms with E-state index in [4.69, 9.17) is 5.73 Å². The molecule has 0 saturated heterocycles. The smallest absolute Gasteiger partial charge is 0.380 e. The molecule has 0 atom stereocenters. The van der Waals surface area contributed by atoms with Gasteiger partial charge in [-0.2, -0.15) is 31.4 Å². The number of nitrogens with zero attached hydrogens (tertiary/aromatic N) is 4. The van der Waals surface area contributed by atoms with Crippen LogP contribution >= 0.6 is 21.6 Å². The van der Waals surface area contributed by atoms with E-state index in [1.807, 2.05) is 26.0 Å². The third-order valence-corrected chi connectivity index (χ3v) is 7.60. The number of halogens is 6. The second-order valence-electron chi connectivity index (χ2n) is 7.80. The second-order valence-corrected chi connectivity index (χ2v) is 10.0. The number of nitrogens with one attached hydrogen (secondary N) is 1. The molecule has 0 aliphatic carbocycles. The van der Waals surface area contributed by atoms with E-state index in [1.54, 1.807) is 26.0 Å². The lowest BCUT2D eigenvalue weighted by Gasteiger charge is -2.11. The van der Waals surface area contributed by atoms with Gasteiger partial charge in [-0.05, 0) is 61.0 Å². The van der Waals surface area contributed by atoms with E-state index in [0.717, 1.165) is 44.7 Å². The lowest BCUT2D eigenvalue weighted by atomic mass is 10.1. The summed E-state index contributed by atoms with van der Waals surface area (Å²) in [5, 5.41) is 2.25. The van der Waals surface area contributed by atoms with E-state index in [0.29, 0.717) is 11.4 Å². The fourth-order valence-electron chi connectivity index (χ4n) is 3.08. The first-order valence-electron chi connectivity index (χ1n) is 10.2. The lowest BCUT2D eigenvalue weighted by Crippen LogP contribution is -2.33. The number of alkyl halides is 6. The molecule has 3 N–H and O–H groups in total. The standard InChI is InChI=1S/C22H20F6N6S2/c1-11-5-13(3)17(7-15(11)30-9-31-19(29)21(23,24)25)35-36-18-8-16(12(2)6-14(18)4)34-10-32-20(33-34)22(26,27)28/h5-10H,1-4H3,(H2,29,30,31)/p+1. The van der Waals surface area contributed by atoms with E-state index in [1.165, 1.54) is 26.3 Å². The first kappa shape index (κ1) is 27.6. The summed E-state index contributed by atoms with van der Waals surface area (Å²) >= 11 is 0. The van der Waals surface area contributed by atoms with Crippen molar-refractivity contribution in [3.8, 4) is 5.69 Å². The van der Waals surface area contributed by atoms with Gasteiger partial charge in [0.25, 0.3) is 0 Å². The van der Waals surface area contributed by atoms with Crippen LogP contribution in [0.25, 0.3) is 5.69 Å². The Balaban J connectivity index is 1.85. The van der Waals surface area contributed by atoms with Gasteiger partial charge in [0.2, 0.25) is 5.84 Å².